The van der Waals surface area contributed by atoms with E-state index in [-0.39, 0.29) is 13.2 Å². The lowest BCUT2D eigenvalue weighted by molar-refractivity contribution is 0.196. The molecule has 1 aromatic carbocycles. The van der Waals surface area contributed by atoms with E-state index in [0.717, 1.165) is 11.4 Å². The molecule has 1 unspecified atom stereocenters. The summed E-state index contributed by atoms with van der Waals surface area (Å²) in [5.41, 5.74) is 1.41. The summed E-state index contributed by atoms with van der Waals surface area (Å²) >= 11 is 2.00. The Morgan fingerprint density at radius 3 is 2.86 bits per heavy atom. The van der Waals surface area contributed by atoms with E-state index in [1.165, 1.54) is 12.2 Å². The first-order chi connectivity index (χ1) is 10.0. The van der Waals surface area contributed by atoms with Gasteiger partial charge in [-0.05, 0) is 29.7 Å². The van der Waals surface area contributed by atoms with Crippen LogP contribution < -0.4 is 14.8 Å². The summed E-state index contributed by atoms with van der Waals surface area (Å²) in [6.45, 7) is 4.90. The lowest BCUT2D eigenvalue weighted by Gasteiger charge is -2.35. The fourth-order valence-corrected chi connectivity index (χ4v) is 3.90. The molecule has 1 aliphatic rings. The van der Waals surface area contributed by atoms with Gasteiger partial charge in [-0.25, -0.2) is 0 Å². The second-order valence-electron chi connectivity index (χ2n) is 6.16. The highest BCUT2D eigenvalue weighted by atomic mass is 32.2. The number of rotatable bonds is 6. The molecular weight excluding hydrogens is 286 g/mol. The number of anilines is 1. The number of aliphatic hydroxyl groups excluding tert-OH is 1. The fourth-order valence-electron chi connectivity index (χ4n) is 2.63. The molecule has 2 rings (SSSR count). The lowest BCUT2D eigenvalue weighted by atomic mass is 9.88. The molecule has 1 aromatic rings. The fraction of sp³-hybridized carbons (Fsp3) is 0.625. The summed E-state index contributed by atoms with van der Waals surface area (Å²) in [5.74, 6) is 3.70. The number of hydrogen-bond acceptors (Lipinski definition) is 5. The Hall–Kier alpha value is -1.07. The van der Waals surface area contributed by atoms with E-state index < -0.39 is 0 Å². The Bertz CT molecular complexity index is 465. The molecule has 0 bridgehead atoms. The van der Waals surface area contributed by atoms with Gasteiger partial charge in [0, 0.05) is 23.5 Å². The van der Waals surface area contributed by atoms with Crippen LogP contribution in [0.4, 0.5) is 5.69 Å². The summed E-state index contributed by atoms with van der Waals surface area (Å²) in [4.78, 5) is 0. The van der Waals surface area contributed by atoms with E-state index in [4.69, 9.17) is 14.6 Å². The molecule has 0 aliphatic carbocycles. The highest BCUT2D eigenvalue weighted by Crippen LogP contribution is 2.36. The maximum atomic E-state index is 8.89. The van der Waals surface area contributed by atoms with Gasteiger partial charge in [-0.1, -0.05) is 13.8 Å². The van der Waals surface area contributed by atoms with Crippen LogP contribution in [0, 0.1) is 5.41 Å². The van der Waals surface area contributed by atoms with Crippen molar-refractivity contribution >= 4 is 17.4 Å². The van der Waals surface area contributed by atoms with Crippen LogP contribution in [0.5, 0.6) is 11.5 Å². The van der Waals surface area contributed by atoms with E-state index >= 15 is 0 Å². The predicted molar refractivity (Wildman–Crippen MR) is 88.7 cm³/mol. The smallest absolute Gasteiger partial charge is 0.163 e. The van der Waals surface area contributed by atoms with Crippen molar-refractivity contribution in [2.75, 3.05) is 37.1 Å². The molecule has 1 saturated heterocycles. The predicted octanol–water partition coefficient (Wildman–Crippen LogP) is 3.01. The first-order valence-electron chi connectivity index (χ1n) is 7.30. The van der Waals surface area contributed by atoms with E-state index in [0.29, 0.717) is 23.0 Å². The molecule has 0 amide bonds. The van der Waals surface area contributed by atoms with Gasteiger partial charge in [-0.2, -0.15) is 11.8 Å². The van der Waals surface area contributed by atoms with E-state index in [9.17, 15) is 0 Å². The molecule has 1 atom stereocenters. The molecule has 21 heavy (non-hydrogen) atoms. The zero-order valence-electron chi connectivity index (χ0n) is 13.0. The van der Waals surface area contributed by atoms with Crippen LogP contribution >= 0.6 is 11.8 Å². The molecule has 1 heterocycles. The van der Waals surface area contributed by atoms with Crippen molar-refractivity contribution in [2.45, 2.75) is 26.3 Å². The number of aliphatic hydroxyl groups is 1. The highest BCUT2D eigenvalue weighted by Gasteiger charge is 2.28. The number of hydrogen-bond donors (Lipinski definition) is 2. The van der Waals surface area contributed by atoms with Crippen molar-refractivity contribution in [3.8, 4) is 11.5 Å². The Morgan fingerprint density at radius 1 is 1.38 bits per heavy atom. The molecule has 2 N–H and O–H groups in total. The van der Waals surface area contributed by atoms with Gasteiger partial charge in [-0.3, -0.25) is 0 Å². The lowest BCUT2D eigenvalue weighted by Crippen LogP contribution is -2.35. The molecule has 118 valence electrons. The second-order valence-corrected chi connectivity index (χ2v) is 7.19. The SMILES string of the molecule is COc1ccc(NC2CSCC(C)(C)C2)cc1OCCO. The van der Waals surface area contributed by atoms with Crippen LogP contribution in [-0.4, -0.2) is 43.0 Å². The quantitative estimate of drug-likeness (QED) is 0.846. The van der Waals surface area contributed by atoms with Gasteiger partial charge in [-0.15, -0.1) is 0 Å². The van der Waals surface area contributed by atoms with Gasteiger partial charge in [0.2, 0.25) is 0 Å². The van der Waals surface area contributed by atoms with Crippen molar-refractivity contribution in [1.29, 1.82) is 0 Å². The molecule has 0 radical (unpaired) electrons. The third-order valence-corrected chi connectivity index (χ3v) is 5.12. The Morgan fingerprint density at radius 2 is 2.19 bits per heavy atom. The maximum Gasteiger partial charge on any atom is 0.163 e. The van der Waals surface area contributed by atoms with Crippen LogP contribution in [0.25, 0.3) is 0 Å². The molecule has 1 aliphatic heterocycles. The zero-order valence-corrected chi connectivity index (χ0v) is 13.8. The summed E-state index contributed by atoms with van der Waals surface area (Å²) in [7, 11) is 1.62. The van der Waals surface area contributed by atoms with Crippen LogP contribution in [0.1, 0.15) is 20.3 Å². The van der Waals surface area contributed by atoms with Crippen LogP contribution in [0.3, 0.4) is 0 Å². The van der Waals surface area contributed by atoms with Gasteiger partial charge in [0.15, 0.2) is 11.5 Å². The number of ether oxygens (including phenoxy) is 2. The average Bonchev–Trinajstić information content (AvgIpc) is 2.44. The average molecular weight is 311 g/mol. The number of methoxy groups -OCH3 is 1. The molecule has 1 fully saturated rings. The summed E-state index contributed by atoms with van der Waals surface area (Å²) in [5, 5.41) is 12.5. The van der Waals surface area contributed by atoms with E-state index in [1.54, 1.807) is 7.11 Å². The van der Waals surface area contributed by atoms with E-state index in [1.807, 2.05) is 30.0 Å². The van der Waals surface area contributed by atoms with Crippen LogP contribution in [-0.2, 0) is 0 Å². The minimum Gasteiger partial charge on any atom is -0.493 e. The molecule has 5 heteroatoms. The number of benzene rings is 1. The zero-order chi connectivity index (χ0) is 15.3. The van der Waals surface area contributed by atoms with Gasteiger partial charge >= 0.3 is 0 Å². The second kappa shape index (κ2) is 7.27. The molecule has 4 nitrogen and oxygen atoms in total. The molecular formula is C16H25NO3S. The number of thioether (sulfide) groups is 1. The number of nitrogens with one attached hydrogen (secondary N) is 1. The Balaban J connectivity index is 2.05. The monoisotopic (exact) mass is 311 g/mol. The van der Waals surface area contributed by atoms with Gasteiger partial charge in [0.05, 0.1) is 13.7 Å². The summed E-state index contributed by atoms with van der Waals surface area (Å²) < 4.78 is 10.8. The topological polar surface area (TPSA) is 50.7 Å². The minimum absolute atomic E-state index is 0.00569. The van der Waals surface area contributed by atoms with Crippen molar-refractivity contribution in [3.63, 3.8) is 0 Å². The minimum atomic E-state index is -0.00569. The Labute approximate surface area is 131 Å². The van der Waals surface area contributed by atoms with Crippen LogP contribution in [0.15, 0.2) is 18.2 Å². The van der Waals surface area contributed by atoms with Crippen molar-refractivity contribution in [3.05, 3.63) is 18.2 Å². The van der Waals surface area contributed by atoms with Crippen LogP contribution in [0.2, 0.25) is 0 Å². The Kier molecular flexibility index (Phi) is 5.65. The van der Waals surface area contributed by atoms with Crippen molar-refractivity contribution in [2.24, 2.45) is 5.41 Å². The van der Waals surface area contributed by atoms with Gasteiger partial charge in [0.25, 0.3) is 0 Å². The first-order valence-corrected chi connectivity index (χ1v) is 8.45. The maximum absolute atomic E-state index is 8.89. The standard InChI is InChI=1S/C16H25NO3S/c1-16(2)9-13(10-21-11-16)17-12-4-5-14(19-3)15(8-12)20-7-6-18/h4-5,8,13,17-18H,6-7,9-11H2,1-3H3. The van der Waals surface area contributed by atoms with E-state index in [2.05, 4.69) is 19.2 Å². The van der Waals surface area contributed by atoms with Crippen molar-refractivity contribution < 1.29 is 14.6 Å². The molecule has 0 saturated carbocycles. The van der Waals surface area contributed by atoms with Gasteiger partial charge in [0.1, 0.15) is 6.61 Å². The molecule has 0 spiro atoms. The summed E-state index contributed by atoms with van der Waals surface area (Å²) in [6.07, 6.45) is 1.17. The summed E-state index contributed by atoms with van der Waals surface area (Å²) in [6, 6.07) is 6.33. The van der Waals surface area contributed by atoms with Crippen molar-refractivity contribution in [1.82, 2.24) is 0 Å². The van der Waals surface area contributed by atoms with Gasteiger partial charge < -0.3 is 19.9 Å². The molecule has 0 aromatic heterocycles. The first kappa shape index (κ1) is 16.3. The normalized spacial score (nSPS) is 20.9. The third kappa shape index (κ3) is 4.71. The third-order valence-electron chi connectivity index (χ3n) is 3.49. The highest BCUT2D eigenvalue weighted by molar-refractivity contribution is 7.99. The largest absolute Gasteiger partial charge is 0.493 e.